The standard InChI is InChI=1S/C29H28F5N7OS2/c1-28(2,3)44(42)39-26(29(32,33)34)21-8-7-20(30)14-19(21)13-17-5-4-6-18-15-23(43-25(17)18)24-22(31)16-36-27(38-24)35-9-11-41-12-10-37-40-41/h4-8,10,12,14-16,26,39H,9,11,13H2,1-3H3,(H,35,36,38)/t26-,44?/m1/s1. The third-order valence-corrected chi connectivity index (χ3v) is 9.40. The maximum atomic E-state index is 14.9. The van der Waals surface area contributed by atoms with Crippen LogP contribution in [0, 0.1) is 11.6 Å². The third kappa shape index (κ3) is 7.34. The topological polar surface area (TPSA) is 104 Å². The van der Waals surface area contributed by atoms with E-state index in [2.05, 4.69) is 30.3 Å². The fourth-order valence-electron chi connectivity index (χ4n) is 4.44. The molecule has 0 bridgehead atoms. The van der Waals surface area contributed by atoms with Gasteiger partial charge >= 0.3 is 6.18 Å². The van der Waals surface area contributed by atoms with Crippen LogP contribution in [0.3, 0.4) is 0 Å². The molecule has 44 heavy (non-hydrogen) atoms. The molecule has 1 unspecified atom stereocenters. The lowest BCUT2D eigenvalue weighted by molar-refractivity contribution is -0.153. The highest BCUT2D eigenvalue weighted by Gasteiger charge is 2.46. The largest absolute Gasteiger partial charge is 0.598 e. The predicted molar refractivity (Wildman–Crippen MR) is 160 cm³/mol. The summed E-state index contributed by atoms with van der Waals surface area (Å²) in [5.41, 5.74) is 0.533. The summed E-state index contributed by atoms with van der Waals surface area (Å²) in [4.78, 5) is 8.84. The van der Waals surface area contributed by atoms with E-state index in [0.717, 1.165) is 29.8 Å². The van der Waals surface area contributed by atoms with Crippen LogP contribution >= 0.6 is 11.3 Å². The summed E-state index contributed by atoms with van der Waals surface area (Å²) in [7, 11) is 0. The molecule has 0 aliphatic carbocycles. The number of aromatic nitrogens is 5. The van der Waals surface area contributed by atoms with Crippen LogP contribution in [-0.4, -0.2) is 47.0 Å². The lowest BCUT2D eigenvalue weighted by Crippen LogP contribution is -2.46. The number of anilines is 1. The summed E-state index contributed by atoms with van der Waals surface area (Å²) < 4.78 is 88.4. The maximum Gasteiger partial charge on any atom is 0.412 e. The first-order valence-electron chi connectivity index (χ1n) is 13.4. The van der Waals surface area contributed by atoms with Crippen LogP contribution in [0.4, 0.5) is 27.9 Å². The van der Waals surface area contributed by atoms with Crippen LogP contribution in [0.15, 0.2) is 61.1 Å². The minimum atomic E-state index is -4.80. The number of hydrogen-bond acceptors (Lipinski definition) is 8. The van der Waals surface area contributed by atoms with Gasteiger partial charge < -0.3 is 9.87 Å². The Labute approximate surface area is 257 Å². The lowest BCUT2D eigenvalue weighted by atomic mass is 9.94. The second-order valence-corrected chi connectivity index (χ2v) is 14.0. The number of rotatable bonds is 10. The molecule has 0 amide bonds. The Morgan fingerprint density at radius 1 is 1.07 bits per heavy atom. The predicted octanol–water partition coefficient (Wildman–Crippen LogP) is 6.59. The van der Waals surface area contributed by atoms with Crippen molar-refractivity contribution in [2.75, 3.05) is 11.9 Å². The fourth-order valence-corrected chi connectivity index (χ4v) is 6.43. The maximum absolute atomic E-state index is 14.9. The second kappa shape index (κ2) is 12.8. The summed E-state index contributed by atoms with van der Waals surface area (Å²) >= 11 is -0.832. The van der Waals surface area contributed by atoms with Gasteiger partial charge in [-0.1, -0.05) is 29.5 Å². The Balaban J connectivity index is 1.46. The van der Waals surface area contributed by atoms with Gasteiger partial charge in [-0.15, -0.1) is 21.2 Å². The smallest absolute Gasteiger partial charge is 0.412 e. The molecule has 8 nitrogen and oxygen atoms in total. The quantitative estimate of drug-likeness (QED) is 0.130. The number of nitrogens with one attached hydrogen (secondary N) is 2. The first kappa shape index (κ1) is 31.8. The minimum Gasteiger partial charge on any atom is -0.598 e. The van der Waals surface area contributed by atoms with E-state index < -0.39 is 40.0 Å². The van der Waals surface area contributed by atoms with Crippen LogP contribution in [-0.2, 0) is 24.3 Å². The molecule has 0 saturated carbocycles. The molecule has 2 aromatic carbocycles. The van der Waals surface area contributed by atoms with Gasteiger partial charge in [-0.05, 0) is 67.5 Å². The van der Waals surface area contributed by atoms with Crippen molar-refractivity contribution < 1.29 is 26.5 Å². The minimum absolute atomic E-state index is 0.0534. The number of hydrogen-bond donors (Lipinski definition) is 2. The number of benzene rings is 2. The van der Waals surface area contributed by atoms with Gasteiger partial charge in [-0.3, -0.25) is 4.68 Å². The van der Waals surface area contributed by atoms with Gasteiger partial charge in [0.1, 0.15) is 16.3 Å². The number of halogens is 5. The highest BCUT2D eigenvalue weighted by Crippen LogP contribution is 2.40. The summed E-state index contributed by atoms with van der Waals surface area (Å²) in [5, 5.41) is 11.4. The Morgan fingerprint density at radius 3 is 2.57 bits per heavy atom. The van der Waals surface area contributed by atoms with Crippen molar-refractivity contribution in [3.05, 3.63) is 89.4 Å². The van der Waals surface area contributed by atoms with Crippen molar-refractivity contribution in [3.63, 3.8) is 0 Å². The van der Waals surface area contributed by atoms with Gasteiger partial charge in [0.2, 0.25) is 5.95 Å². The van der Waals surface area contributed by atoms with Gasteiger partial charge in [-0.25, -0.2) is 18.7 Å². The fraction of sp³-hybridized carbons (Fsp3) is 0.310. The van der Waals surface area contributed by atoms with E-state index in [1.165, 1.54) is 11.3 Å². The molecule has 0 fully saturated rings. The van der Waals surface area contributed by atoms with E-state index in [1.54, 1.807) is 62.1 Å². The van der Waals surface area contributed by atoms with E-state index in [1.807, 2.05) is 0 Å². The van der Waals surface area contributed by atoms with Crippen molar-refractivity contribution in [1.29, 1.82) is 0 Å². The Morgan fingerprint density at radius 2 is 1.86 bits per heavy atom. The number of alkyl halides is 3. The van der Waals surface area contributed by atoms with E-state index in [9.17, 15) is 26.5 Å². The Kier molecular flexibility index (Phi) is 9.20. The summed E-state index contributed by atoms with van der Waals surface area (Å²) in [6.45, 7) is 5.58. The first-order chi connectivity index (χ1) is 20.8. The summed E-state index contributed by atoms with van der Waals surface area (Å²) in [6.07, 6.45) is -0.537. The number of fused-ring (bicyclic) bond motifs is 1. The number of nitrogens with zero attached hydrogens (tertiary/aromatic N) is 5. The number of thiophene rings is 1. The normalized spacial score (nSPS) is 13.8. The van der Waals surface area contributed by atoms with Gasteiger partial charge in [0, 0.05) is 28.8 Å². The average Bonchev–Trinajstić information content (AvgIpc) is 3.62. The molecule has 0 aliphatic heterocycles. The van der Waals surface area contributed by atoms with E-state index in [4.69, 9.17) is 0 Å². The molecular formula is C29H28F5N7OS2. The van der Waals surface area contributed by atoms with Crippen molar-refractivity contribution in [1.82, 2.24) is 29.7 Å². The van der Waals surface area contributed by atoms with Crippen molar-refractivity contribution >= 4 is 38.7 Å². The van der Waals surface area contributed by atoms with Crippen molar-refractivity contribution in [2.45, 2.75) is 50.7 Å². The van der Waals surface area contributed by atoms with Gasteiger partial charge in [0.15, 0.2) is 11.9 Å². The first-order valence-corrected chi connectivity index (χ1v) is 15.4. The highest BCUT2D eigenvalue weighted by molar-refractivity contribution is 7.90. The zero-order valence-corrected chi connectivity index (χ0v) is 25.5. The van der Waals surface area contributed by atoms with Crippen molar-refractivity contribution in [2.24, 2.45) is 0 Å². The van der Waals surface area contributed by atoms with E-state index >= 15 is 0 Å². The Hall–Kier alpha value is -3.66. The zero-order valence-electron chi connectivity index (χ0n) is 23.8. The molecule has 2 atom stereocenters. The van der Waals surface area contributed by atoms with Gasteiger partial charge in [0.05, 0.1) is 23.8 Å². The van der Waals surface area contributed by atoms with Crippen LogP contribution in [0.5, 0.6) is 0 Å². The summed E-state index contributed by atoms with van der Waals surface area (Å²) in [5.74, 6) is -1.13. The molecule has 0 saturated heterocycles. The molecule has 5 rings (SSSR count). The van der Waals surface area contributed by atoms with Gasteiger partial charge in [-0.2, -0.15) is 13.2 Å². The molecule has 5 aromatic rings. The monoisotopic (exact) mass is 649 g/mol. The average molecular weight is 650 g/mol. The second-order valence-electron chi connectivity index (χ2n) is 10.9. The summed E-state index contributed by atoms with van der Waals surface area (Å²) in [6, 6.07) is 7.80. The molecule has 3 heterocycles. The molecule has 0 aliphatic rings. The molecule has 3 aromatic heterocycles. The van der Waals surface area contributed by atoms with Crippen molar-refractivity contribution in [3.8, 4) is 10.6 Å². The van der Waals surface area contributed by atoms with Crippen LogP contribution < -0.4 is 10.0 Å². The van der Waals surface area contributed by atoms with Crippen LogP contribution in [0.25, 0.3) is 20.7 Å². The molecule has 0 radical (unpaired) electrons. The highest BCUT2D eigenvalue weighted by atomic mass is 32.2. The van der Waals surface area contributed by atoms with E-state index in [-0.39, 0.29) is 29.2 Å². The Bertz CT molecular complexity index is 1740. The van der Waals surface area contributed by atoms with Crippen LogP contribution in [0.1, 0.15) is 43.5 Å². The molecule has 2 N–H and O–H groups in total. The molecule has 232 valence electrons. The molecule has 0 spiro atoms. The third-order valence-electron chi connectivity index (χ3n) is 6.60. The van der Waals surface area contributed by atoms with E-state index in [0.29, 0.717) is 28.2 Å². The molecular weight excluding hydrogens is 621 g/mol. The van der Waals surface area contributed by atoms with Crippen LogP contribution in [0.2, 0.25) is 0 Å². The molecule has 15 heteroatoms. The van der Waals surface area contributed by atoms with Gasteiger partial charge in [0.25, 0.3) is 0 Å². The SMILES string of the molecule is CC(C)(C)[S+]([O-])N[C@H](c1ccc(F)cc1Cc1cccc2cc(-c3nc(NCCn4ccnn4)ncc3F)sc12)C(F)(F)F. The zero-order chi connectivity index (χ0) is 31.6. The lowest BCUT2D eigenvalue weighted by Gasteiger charge is -2.30.